The van der Waals surface area contributed by atoms with Crippen molar-refractivity contribution in [1.29, 1.82) is 0 Å². The Kier molecular flexibility index (Phi) is 6.90. The van der Waals surface area contributed by atoms with Crippen molar-refractivity contribution < 1.29 is 18.2 Å². The summed E-state index contributed by atoms with van der Waals surface area (Å²) in [6, 6.07) is 7.31. The van der Waals surface area contributed by atoms with Crippen molar-refractivity contribution in [3.05, 3.63) is 52.8 Å². The van der Waals surface area contributed by atoms with Gasteiger partial charge in [-0.3, -0.25) is 9.00 Å². The van der Waals surface area contributed by atoms with E-state index >= 15 is 0 Å². The third kappa shape index (κ3) is 5.39. The van der Waals surface area contributed by atoms with Crippen LogP contribution in [0.15, 0.2) is 35.2 Å². The van der Waals surface area contributed by atoms with E-state index in [-0.39, 0.29) is 23.0 Å². The topological polar surface area (TPSA) is 78.5 Å². The lowest BCUT2D eigenvalue weighted by Gasteiger charge is -2.19. The summed E-state index contributed by atoms with van der Waals surface area (Å²) in [6.07, 6.45) is 1.38. The first-order valence-electron chi connectivity index (χ1n) is 8.61. The molecule has 0 unspecified atom stereocenters. The Hall–Kier alpha value is -2.74. The van der Waals surface area contributed by atoms with Gasteiger partial charge in [-0.25, -0.2) is 9.18 Å². The Morgan fingerprint density at radius 2 is 1.68 bits per heavy atom. The van der Waals surface area contributed by atoms with Gasteiger partial charge in [0.2, 0.25) is 5.91 Å². The molecule has 0 aliphatic heterocycles. The van der Waals surface area contributed by atoms with E-state index in [1.165, 1.54) is 30.3 Å². The molecule has 2 rings (SSSR count). The number of nitrogens with zero attached hydrogens (tertiary/aromatic N) is 1. The fourth-order valence-electron chi connectivity index (χ4n) is 2.87. The molecule has 2 aromatic carbocycles. The van der Waals surface area contributed by atoms with Gasteiger partial charge in [0.05, 0.1) is 15.7 Å². The molecule has 0 heterocycles. The highest BCUT2D eigenvalue weighted by atomic mass is 32.2. The molecular weight excluding hydrogens is 381 g/mol. The lowest BCUT2D eigenvalue weighted by Crippen LogP contribution is -2.37. The van der Waals surface area contributed by atoms with Crippen molar-refractivity contribution in [3.63, 3.8) is 0 Å². The van der Waals surface area contributed by atoms with Crippen molar-refractivity contribution in [2.75, 3.05) is 30.5 Å². The molecule has 0 aliphatic carbocycles. The summed E-state index contributed by atoms with van der Waals surface area (Å²) in [4.78, 5) is 25.8. The van der Waals surface area contributed by atoms with Gasteiger partial charge in [-0.2, -0.15) is 0 Å². The Morgan fingerprint density at radius 1 is 1.07 bits per heavy atom. The van der Waals surface area contributed by atoms with E-state index in [2.05, 4.69) is 10.6 Å². The minimum absolute atomic E-state index is 0.0644. The molecule has 1 atom stereocenters. The summed E-state index contributed by atoms with van der Waals surface area (Å²) < 4.78 is 25.3. The Balaban J connectivity index is 1.99. The second-order valence-electron chi connectivity index (χ2n) is 6.71. The average Bonchev–Trinajstić information content (AvgIpc) is 2.57. The van der Waals surface area contributed by atoms with Gasteiger partial charge in [-0.05, 0) is 50.1 Å². The molecule has 0 fully saturated rings. The van der Waals surface area contributed by atoms with Gasteiger partial charge in [0.25, 0.3) is 0 Å². The number of rotatable bonds is 5. The number of hydrogen-bond acceptors (Lipinski definition) is 3. The van der Waals surface area contributed by atoms with Gasteiger partial charge in [0, 0.05) is 24.7 Å². The highest BCUT2D eigenvalue weighted by Gasteiger charge is 2.16. The first-order valence-corrected chi connectivity index (χ1v) is 10.2. The third-order valence-electron chi connectivity index (χ3n) is 4.16. The number of halogens is 1. The second kappa shape index (κ2) is 8.97. The van der Waals surface area contributed by atoms with E-state index in [1.54, 1.807) is 0 Å². The predicted octanol–water partition coefficient (Wildman–Crippen LogP) is 3.59. The number of nitrogens with one attached hydrogen (secondary N) is 2. The predicted molar refractivity (Wildman–Crippen MR) is 110 cm³/mol. The van der Waals surface area contributed by atoms with Crippen LogP contribution in [-0.2, 0) is 15.6 Å². The van der Waals surface area contributed by atoms with Crippen molar-refractivity contribution in [2.45, 2.75) is 25.7 Å². The van der Waals surface area contributed by atoms with Gasteiger partial charge in [-0.1, -0.05) is 17.7 Å². The lowest BCUT2D eigenvalue weighted by molar-refractivity contribution is -0.116. The van der Waals surface area contributed by atoms with Gasteiger partial charge in [0.1, 0.15) is 12.4 Å². The minimum atomic E-state index is -1.45. The molecule has 0 saturated carbocycles. The van der Waals surface area contributed by atoms with Crippen LogP contribution >= 0.6 is 0 Å². The monoisotopic (exact) mass is 405 g/mol. The van der Waals surface area contributed by atoms with Crippen LogP contribution in [0.2, 0.25) is 0 Å². The average molecular weight is 405 g/mol. The second-order valence-corrected chi connectivity index (χ2v) is 8.06. The van der Waals surface area contributed by atoms with Gasteiger partial charge >= 0.3 is 6.03 Å². The zero-order valence-electron chi connectivity index (χ0n) is 16.6. The van der Waals surface area contributed by atoms with Crippen molar-refractivity contribution in [3.8, 4) is 0 Å². The Labute approximate surface area is 166 Å². The van der Waals surface area contributed by atoms with Crippen LogP contribution in [0.25, 0.3) is 0 Å². The molecular formula is C20H24FN3O3S. The van der Waals surface area contributed by atoms with E-state index < -0.39 is 22.6 Å². The molecule has 2 N–H and O–H groups in total. The number of aryl methyl sites for hydroxylation is 3. The van der Waals surface area contributed by atoms with Crippen LogP contribution < -0.4 is 10.6 Å². The first kappa shape index (κ1) is 21.6. The molecule has 3 amide bonds. The van der Waals surface area contributed by atoms with E-state index in [0.29, 0.717) is 0 Å². The number of amides is 3. The largest absolute Gasteiger partial charge is 0.324 e. The lowest BCUT2D eigenvalue weighted by atomic mass is 10.1. The van der Waals surface area contributed by atoms with Crippen LogP contribution in [0.5, 0.6) is 0 Å². The molecule has 2 aromatic rings. The molecule has 0 bridgehead atoms. The van der Waals surface area contributed by atoms with Gasteiger partial charge < -0.3 is 15.5 Å². The third-order valence-corrected chi connectivity index (χ3v) is 5.11. The van der Waals surface area contributed by atoms with E-state index in [9.17, 15) is 18.2 Å². The number of urea groups is 1. The fraction of sp³-hybridized carbons (Fsp3) is 0.300. The molecule has 0 aromatic heterocycles. The Morgan fingerprint density at radius 3 is 2.21 bits per heavy atom. The normalized spacial score (nSPS) is 11.6. The van der Waals surface area contributed by atoms with E-state index in [0.717, 1.165) is 28.4 Å². The van der Waals surface area contributed by atoms with E-state index in [1.807, 2.05) is 32.9 Å². The number of benzene rings is 2. The summed E-state index contributed by atoms with van der Waals surface area (Å²) in [5, 5.41) is 5.35. The van der Waals surface area contributed by atoms with Crippen LogP contribution in [0.4, 0.5) is 20.6 Å². The van der Waals surface area contributed by atoms with Gasteiger partial charge in [-0.15, -0.1) is 0 Å². The SMILES string of the molecule is Cc1cc(C)c(NC(=O)CN(C)C(=O)Nc2ccc([S@](C)=O)c(F)c2)c(C)c1. The van der Waals surface area contributed by atoms with E-state index in [4.69, 9.17) is 0 Å². The molecule has 0 saturated heterocycles. The fourth-order valence-corrected chi connectivity index (χ4v) is 3.47. The van der Waals surface area contributed by atoms with Crippen molar-refractivity contribution in [1.82, 2.24) is 4.90 Å². The number of carbonyl (C=O) groups excluding carboxylic acids is 2. The quantitative estimate of drug-likeness (QED) is 0.798. The molecule has 0 radical (unpaired) electrons. The smallest absolute Gasteiger partial charge is 0.322 e. The van der Waals surface area contributed by atoms with Crippen molar-refractivity contribution >= 4 is 34.1 Å². The summed E-state index contributed by atoms with van der Waals surface area (Å²) in [5.41, 5.74) is 3.95. The Bertz CT molecular complexity index is 923. The first-order chi connectivity index (χ1) is 13.1. The van der Waals surface area contributed by atoms with Crippen LogP contribution in [-0.4, -0.2) is 40.9 Å². The number of likely N-dealkylation sites (N-methyl/N-ethyl adjacent to an activating group) is 1. The molecule has 0 aliphatic rings. The number of anilines is 2. The zero-order chi connectivity index (χ0) is 21.0. The molecule has 28 heavy (non-hydrogen) atoms. The molecule has 8 heteroatoms. The summed E-state index contributed by atoms with van der Waals surface area (Å²) in [5.74, 6) is -1.00. The van der Waals surface area contributed by atoms with Crippen molar-refractivity contribution in [2.24, 2.45) is 0 Å². The standard InChI is InChI=1S/C20H24FN3O3S/c1-12-8-13(2)19(14(3)9-12)23-18(25)11-24(4)20(26)22-15-6-7-17(28(5)27)16(21)10-15/h6-10H,11H2,1-5H3,(H,22,26)(H,23,25)/t28-/m0/s1. The maximum atomic E-state index is 13.9. The molecule has 0 spiro atoms. The summed E-state index contributed by atoms with van der Waals surface area (Å²) in [6.45, 7) is 5.64. The molecule has 6 nitrogen and oxygen atoms in total. The maximum Gasteiger partial charge on any atom is 0.322 e. The molecule has 150 valence electrons. The highest BCUT2D eigenvalue weighted by Crippen LogP contribution is 2.22. The summed E-state index contributed by atoms with van der Waals surface area (Å²) in [7, 11) is 0.0136. The minimum Gasteiger partial charge on any atom is -0.324 e. The highest BCUT2D eigenvalue weighted by molar-refractivity contribution is 7.84. The van der Waals surface area contributed by atoms with Crippen LogP contribution in [0.1, 0.15) is 16.7 Å². The summed E-state index contributed by atoms with van der Waals surface area (Å²) >= 11 is 0. The number of carbonyl (C=O) groups is 2. The number of hydrogen-bond donors (Lipinski definition) is 2. The van der Waals surface area contributed by atoms with Crippen LogP contribution in [0.3, 0.4) is 0 Å². The van der Waals surface area contributed by atoms with Gasteiger partial charge in [0.15, 0.2) is 0 Å². The van der Waals surface area contributed by atoms with Crippen LogP contribution in [0, 0.1) is 26.6 Å². The maximum absolute atomic E-state index is 13.9. The zero-order valence-corrected chi connectivity index (χ0v) is 17.4.